The van der Waals surface area contributed by atoms with Crippen LogP contribution in [0.25, 0.3) is 11.1 Å². The van der Waals surface area contributed by atoms with Crippen LogP contribution in [0.2, 0.25) is 0 Å². The van der Waals surface area contributed by atoms with Crippen molar-refractivity contribution in [2.24, 2.45) is 5.92 Å². The van der Waals surface area contributed by atoms with Crippen molar-refractivity contribution >= 4 is 17.9 Å². The number of amides is 3. The monoisotopic (exact) mass is 717 g/mol. The number of carbonyl (C=O) groups excluding carboxylic acids is 3. The zero-order chi connectivity index (χ0) is 36.7. The Kier molecular flexibility index (Phi) is 11.6. The van der Waals surface area contributed by atoms with Crippen LogP contribution >= 0.6 is 0 Å². The van der Waals surface area contributed by atoms with Crippen molar-refractivity contribution in [3.05, 3.63) is 131 Å². The molecular formula is C43H47N3O7. The maximum absolute atomic E-state index is 13.2. The first-order valence-electron chi connectivity index (χ1n) is 18.6. The number of nitrogens with zero attached hydrogens (tertiary/aromatic N) is 2. The largest absolute Gasteiger partial charge is 0.445 e. The Bertz CT molecular complexity index is 1860. The van der Waals surface area contributed by atoms with Crippen LogP contribution in [0, 0.1) is 5.92 Å². The summed E-state index contributed by atoms with van der Waals surface area (Å²) in [5, 5.41) is 12.1. The van der Waals surface area contributed by atoms with Crippen molar-refractivity contribution in [3.8, 4) is 11.1 Å². The molecule has 0 spiro atoms. The summed E-state index contributed by atoms with van der Waals surface area (Å²) >= 11 is 0. The number of benzene rings is 4. The molecule has 1 unspecified atom stereocenters. The molecule has 0 saturated carbocycles. The fourth-order valence-corrected chi connectivity index (χ4v) is 7.46. The van der Waals surface area contributed by atoms with E-state index in [1.165, 1.54) is 24.2 Å². The highest BCUT2D eigenvalue weighted by atomic mass is 16.7. The van der Waals surface area contributed by atoms with Crippen LogP contribution in [0.5, 0.6) is 0 Å². The van der Waals surface area contributed by atoms with Crippen LogP contribution in [-0.2, 0) is 43.6 Å². The van der Waals surface area contributed by atoms with Crippen LogP contribution in [0.3, 0.4) is 0 Å². The predicted molar refractivity (Wildman–Crippen MR) is 199 cm³/mol. The first kappa shape index (κ1) is 36.5. The Morgan fingerprint density at radius 2 is 1.53 bits per heavy atom. The van der Waals surface area contributed by atoms with Gasteiger partial charge in [0.15, 0.2) is 6.29 Å². The number of hydrogen-bond donors (Lipinski definition) is 2. The molecule has 3 saturated heterocycles. The predicted octanol–water partition coefficient (Wildman–Crippen LogP) is 6.68. The minimum Gasteiger partial charge on any atom is -0.445 e. The van der Waals surface area contributed by atoms with Crippen LogP contribution in [0.15, 0.2) is 103 Å². The van der Waals surface area contributed by atoms with Gasteiger partial charge in [-0.3, -0.25) is 14.5 Å². The lowest BCUT2D eigenvalue weighted by Crippen LogP contribution is -2.45. The molecule has 0 bridgehead atoms. The first-order chi connectivity index (χ1) is 25.8. The molecule has 5 atom stereocenters. The molecule has 3 aliphatic rings. The van der Waals surface area contributed by atoms with Gasteiger partial charge in [0.25, 0.3) is 5.91 Å². The van der Waals surface area contributed by atoms with Gasteiger partial charge in [-0.1, -0.05) is 110 Å². The first-order valence-corrected chi connectivity index (χ1v) is 18.6. The third-order valence-corrected chi connectivity index (χ3v) is 10.5. The average molecular weight is 718 g/mol. The second-order valence-corrected chi connectivity index (χ2v) is 14.3. The summed E-state index contributed by atoms with van der Waals surface area (Å²) in [7, 11) is 0. The van der Waals surface area contributed by atoms with Crippen molar-refractivity contribution in [1.29, 1.82) is 0 Å². The minimum absolute atomic E-state index is 0.000294. The Balaban J connectivity index is 1.01. The lowest BCUT2D eigenvalue weighted by molar-refractivity contribution is -0.276. The number of carbonyl (C=O) groups is 3. The van der Waals surface area contributed by atoms with E-state index in [1.807, 2.05) is 103 Å². The van der Waals surface area contributed by atoms with Gasteiger partial charge < -0.3 is 29.5 Å². The molecule has 53 heavy (non-hydrogen) atoms. The molecule has 10 nitrogen and oxygen atoms in total. The highest BCUT2D eigenvalue weighted by Gasteiger charge is 2.41. The topological polar surface area (TPSA) is 118 Å². The number of likely N-dealkylation sites (tertiary alicyclic amines) is 2. The van der Waals surface area contributed by atoms with Gasteiger partial charge in [-0.15, -0.1) is 0 Å². The summed E-state index contributed by atoms with van der Waals surface area (Å²) in [5.74, 6) is -0.672. The number of nitrogens with one attached hydrogen (secondary N) is 1. The van der Waals surface area contributed by atoms with Crippen LogP contribution in [-0.4, -0.2) is 64.6 Å². The SMILES string of the molecule is C[C@@H]1[C@H](CN2CCCCC2)O[C@H](c2ccc(-c3cccc(CN4C(=O)CC(NC(=O)OCc5ccccc5)C4=O)c3)cc2)O[C@@H]1c1ccc(CO)cc1. The Labute approximate surface area is 310 Å². The summed E-state index contributed by atoms with van der Waals surface area (Å²) in [6.07, 6.45) is 2.12. The van der Waals surface area contributed by atoms with E-state index in [0.717, 1.165) is 58.6 Å². The van der Waals surface area contributed by atoms with Crippen molar-refractivity contribution < 1.29 is 33.7 Å². The van der Waals surface area contributed by atoms with Gasteiger partial charge in [0, 0.05) is 18.0 Å². The Morgan fingerprint density at radius 3 is 2.26 bits per heavy atom. The third-order valence-electron chi connectivity index (χ3n) is 10.5. The molecule has 0 aliphatic carbocycles. The summed E-state index contributed by atoms with van der Waals surface area (Å²) in [5.41, 5.74) is 6.39. The molecular weight excluding hydrogens is 670 g/mol. The van der Waals surface area contributed by atoms with Crippen LogP contribution in [0.1, 0.15) is 72.8 Å². The van der Waals surface area contributed by atoms with E-state index >= 15 is 0 Å². The highest BCUT2D eigenvalue weighted by Crippen LogP contribution is 2.42. The van der Waals surface area contributed by atoms with Gasteiger partial charge in [-0.25, -0.2) is 4.79 Å². The van der Waals surface area contributed by atoms with E-state index in [0.29, 0.717) is 0 Å². The number of piperidine rings is 1. The third kappa shape index (κ3) is 8.85. The number of imide groups is 1. The van der Waals surface area contributed by atoms with E-state index in [2.05, 4.69) is 17.1 Å². The summed E-state index contributed by atoms with van der Waals surface area (Å²) in [6, 6.07) is 32.2. The maximum atomic E-state index is 13.2. The lowest BCUT2D eigenvalue weighted by atomic mass is 9.89. The highest BCUT2D eigenvalue weighted by molar-refractivity contribution is 6.06. The minimum atomic E-state index is -0.965. The number of aliphatic hydroxyl groups excluding tert-OH is 1. The standard InChI is InChI=1S/C43H47N3O7/c1-29-38(26-45-21-6-3-7-22-45)52-42(53-40(29)34-15-13-30(27-47)14-16-34)35-19-17-33(18-20-35)36-12-8-11-32(23-36)25-46-39(48)24-37(41(46)49)44-43(50)51-28-31-9-4-2-5-10-31/h2,4-5,8-20,23,29,37-38,40,42,47H,3,6-7,21-22,24-28H2,1H3,(H,44,50)/t29-,37?,38+,40+,42+/m1/s1. The van der Waals surface area contributed by atoms with Gasteiger partial charge in [0.1, 0.15) is 12.6 Å². The zero-order valence-electron chi connectivity index (χ0n) is 30.1. The van der Waals surface area contributed by atoms with Crippen molar-refractivity contribution in [2.45, 2.75) is 76.9 Å². The van der Waals surface area contributed by atoms with Gasteiger partial charge >= 0.3 is 6.09 Å². The zero-order valence-corrected chi connectivity index (χ0v) is 30.1. The molecule has 10 heteroatoms. The fourth-order valence-electron chi connectivity index (χ4n) is 7.46. The van der Waals surface area contributed by atoms with Gasteiger partial charge in [-0.2, -0.15) is 0 Å². The molecule has 3 fully saturated rings. The fraction of sp³-hybridized carbons (Fsp3) is 0.372. The molecule has 2 N–H and O–H groups in total. The second-order valence-electron chi connectivity index (χ2n) is 14.3. The molecule has 7 rings (SSSR count). The maximum Gasteiger partial charge on any atom is 0.408 e. The number of ether oxygens (including phenoxy) is 3. The lowest BCUT2D eigenvalue weighted by Gasteiger charge is -2.43. The summed E-state index contributed by atoms with van der Waals surface area (Å²) in [6.45, 7) is 5.40. The molecule has 3 heterocycles. The Morgan fingerprint density at radius 1 is 0.811 bits per heavy atom. The molecule has 0 radical (unpaired) electrons. The van der Waals surface area contributed by atoms with E-state index in [9.17, 15) is 19.5 Å². The van der Waals surface area contributed by atoms with E-state index < -0.39 is 24.3 Å². The average Bonchev–Trinajstić information content (AvgIpc) is 3.45. The van der Waals surface area contributed by atoms with E-state index in [4.69, 9.17) is 14.2 Å². The van der Waals surface area contributed by atoms with Crippen molar-refractivity contribution in [1.82, 2.24) is 15.1 Å². The van der Waals surface area contributed by atoms with Gasteiger partial charge in [0.05, 0.1) is 31.8 Å². The Hall–Kier alpha value is -4.87. The number of hydrogen-bond acceptors (Lipinski definition) is 8. The summed E-state index contributed by atoms with van der Waals surface area (Å²) in [4.78, 5) is 42.1. The van der Waals surface area contributed by atoms with Crippen LogP contribution < -0.4 is 5.32 Å². The number of alkyl carbamates (subject to hydrolysis) is 1. The number of rotatable bonds is 11. The molecule has 4 aromatic carbocycles. The molecule has 276 valence electrons. The quantitative estimate of drug-likeness (QED) is 0.165. The molecule has 3 aliphatic heterocycles. The van der Waals surface area contributed by atoms with Gasteiger partial charge in [-0.05, 0) is 65.4 Å². The second kappa shape index (κ2) is 16.9. The van der Waals surface area contributed by atoms with Gasteiger partial charge in [0.2, 0.25) is 5.91 Å². The van der Waals surface area contributed by atoms with Crippen molar-refractivity contribution in [3.63, 3.8) is 0 Å². The molecule has 0 aromatic heterocycles. The number of aliphatic hydroxyl groups is 1. The van der Waals surface area contributed by atoms with Crippen molar-refractivity contribution in [2.75, 3.05) is 19.6 Å². The van der Waals surface area contributed by atoms with Crippen LogP contribution in [0.4, 0.5) is 4.79 Å². The normalized spacial score (nSPS) is 23.6. The molecule has 4 aromatic rings. The van der Waals surface area contributed by atoms with E-state index in [-0.39, 0.29) is 50.2 Å². The van der Waals surface area contributed by atoms with E-state index in [1.54, 1.807) is 0 Å². The smallest absolute Gasteiger partial charge is 0.408 e. The summed E-state index contributed by atoms with van der Waals surface area (Å²) < 4.78 is 18.6. The molecule has 3 amide bonds.